The molecule has 2 heteroatoms. The molecule has 0 aromatic rings. The standard InChI is InChI=1S/C11H19NO/c1-8(9-4-2-5-9)12-11(13)10-6-3-7-10/h8-10H,2-7H2,1H3,(H,12,13). The topological polar surface area (TPSA) is 29.1 Å². The molecule has 0 saturated heterocycles. The number of carbonyl (C=O) groups is 1. The van der Waals surface area contributed by atoms with E-state index in [2.05, 4.69) is 12.2 Å². The van der Waals surface area contributed by atoms with Crippen molar-refractivity contribution in [2.45, 2.75) is 51.5 Å². The second-order valence-corrected chi connectivity index (χ2v) is 4.62. The summed E-state index contributed by atoms with van der Waals surface area (Å²) < 4.78 is 0. The van der Waals surface area contributed by atoms with Gasteiger partial charge in [0.05, 0.1) is 0 Å². The summed E-state index contributed by atoms with van der Waals surface area (Å²) in [6.45, 7) is 2.15. The summed E-state index contributed by atoms with van der Waals surface area (Å²) in [5.41, 5.74) is 0. The second kappa shape index (κ2) is 3.69. The minimum atomic E-state index is 0.311. The molecule has 1 amide bonds. The molecule has 2 rings (SSSR count). The Morgan fingerprint density at radius 1 is 1.23 bits per heavy atom. The number of amides is 1. The lowest BCUT2D eigenvalue weighted by Gasteiger charge is -2.34. The van der Waals surface area contributed by atoms with Crippen LogP contribution in [0.2, 0.25) is 0 Å². The first-order chi connectivity index (χ1) is 6.27. The van der Waals surface area contributed by atoms with E-state index in [0.717, 1.165) is 18.8 Å². The van der Waals surface area contributed by atoms with Crippen molar-refractivity contribution in [1.29, 1.82) is 0 Å². The van der Waals surface area contributed by atoms with E-state index >= 15 is 0 Å². The molecule has 13 heavy (non-hydrogen) atoms. The SMILES string of the molecule is CC(NC(=O)C1CCC1)C1CCC1. The molecule has 0 aromatic heterocycles. The lowest BCUT2D eigenvalue weighted by molar-refractivity contribution is -0.128. The highest BCUT2D eigenvalue weighted by Gasteiger charge is 2.29. The van der Waals surface area contributed by atoms with Crippen LogP contribution >= 0.6 is 0 Å². The first-order valence-electron chi connectivity index (χ1n) is 5.58. The van der Waals surface area contributed by atoms with Crippen LogP contribution in [0.4, 0.5) is 0 Å². The number of carbonyl (C=O) groups excluding carboxylic acids is 1. The predicted molar refractivity (Wildman–Crippen MR) is 52.3 cm³/mol. The van der Waals surface area contributed by atoms with Gasteiger partial charge in [0.1, 0.15) is 0 Å². The van der Waals surface area contributed by atoms with E-state index in [1.807, 2.05) is 0 Å². The summed E-state index contributed by atoms with van der Waals surface area (Å²) in [4.78, 5) is 11.6. The second-order valence-electron chi connectivity index (χ2n) is 4.62. The zero-order valence-electron chi connectivity index (χ0n) is 8.38. The van der Waals surface area contributed by atoms with E-state index in [4.69, 9.17) is 0 Å². The van der Waals surface area contributed by atoms with Crippen LogP contribution in [0.25, 0.3) is 0 Å². The monoisotopic (exact) mass is 181 g/mol. The van der Waals surface area contributed by atoms with Crippen LogP contribution in [0.15, 0.2) is 0 Å². The lowest BCUT2D eigenvalue weighted by atomic mass is 9.79. The molecular formula is C11H19NO. The van der Waals surface area contributed by atoms with Crippen molar-refractivity contribution in [3.05, 3.63) is 0 Å². The van der Waals surface area contributed by atoms with E-state index in [9.17, 15) is 4.79 Å². The predicted octanol–water partition coefficient (Wildman–Crippen LogP) is 2.09. The fraction of sp³-hybridized carbons (Fsp3) is 0.909. The molecule has 1 unspecified atom stereocenters. The summed E-state index contributed by atoms with van der Waals surface area (Å²) in [6, 6.07) is 0.418. The quantitative estimate of drug-likeness (QED) is 0.709. The maximum Gasteiger partial charge on any atom is 0.223 e. The van der Waals surface area contributed by atoms with Crippen molar-refractivity contribution in [3.8, 4) is 0 Å². The Morgan fingerprint density at radius 2 is 1.85 bits per heavy atom. The zero-order valence-corrected chi connectivity index (χ0v) is 8.38. The van der Waals surface area contributed by atoms with E-state index < -0.39 is 0 Å². The third kappa shape index (κ3) is 1.87. The van der Waals surface area contributed by atoms with Gasteiger partial charge in [0.2, 0.25) is 5.91 Å². The Bertz CT molecular complexity index is 194. The van der Waals surface area contributed by atoms with Crippen LogP contribution in [0.1, 0.15) is 45.4 Å². The van der Waals surface area contributed by atoms with E-state index in [1.165, 1.54) is 25.7 Å². The molecule has 2 fully saturated rings. The van der Waals surface area contributed by atoms with Crippen LogP contribution in [0.5, 0.6) is 0 Å². The largest absolute Gasteiger partial charge is 0.353 e. The van der Waals surface area contributed by atoms with Gasteiger partial charge in [-0.25, -0.2) is 0 Å². The molecule has 2 aliphatic carbocycles. The molecule has 1 N–H and O–H groups in total. The van der Waals surface area contributed by atoms with Crippen LogP contribution in [-0.2, 0) is 4.79 Å². The number of hydrogen-bond acceptors (Lipinski definition) is 1. The first-order valence-corrected chi connectivity index (χ1v) is 5.58. The zero-order chi connectivity index (χ0) is 9.26. The van der Waals surface area contributed by atoms with Crippen LogP contribution in [0, 0.1) is 11.8 Å². The normalized spacial score (nSPS) is 25.9. The highest BCUT2D eigenvalue weighted by Crippen LogP contribution is 2.31. The molecule has 0 spiro atoms. The average molecular weight is 181 g/mol. The van der Waals surface area contributed by atoms with Crippen molar-refractivity contribution >= 4 is 5.91 Å². The molecule has 0 bridgehead atoms. The van der Waals surface area contributed by atoms with Gasteiger partial charge < -0.3 is 5.32 Å². The molecule has 74 valence electrons. The van der Waals surface area contributed by atoms with Crippen LogP contribution in [0.3, 0.4) is 0 Å². The van der Waals surface area contributed by atoms with Gasteiger partial charge in [-0.2, -0.15) is 0 Å². The number of hydrogen-bond donors (Lipinski definition) is 1. The maximum atomic E-state index is 11.6. The molecule has 0 aliphatic heterocycles. The van der Waals surface area contributed by atoms with Crippen molar-refractivity contribution in [1.82, 2.24) is 5.32 Å². The van der Waals surface area contributed by atoms with Gasteiger partial charge in [-0.3, -0.25) is 4.79 Å². The Hall–Kier alpha value is -0.530. The summed E-state index contributed by atoms with van der Waals surface area (Å²) >= 11 is 0. The average Bonchev–Trinajstić information content (AvgIpc) is 1.76. The minimum absolute atomic E-state index is 0.311. The summed E-state index contributed by atoms with van der Waals surface area (Å²) in [6.07, 6.45) is 7.45. The molecule has 0 heterocycles. The number of nitrogens with one attached hydrogen (secondary N) is 1. The van der Waals surface area contributed by atoms with Gasteiger partial charge in [-0.15, -0.1) is 0 Å². The molecular weight excluding hydrogens is 162 g/mol. The Kier molecular flexibility index (Phi) is 2.56. The molecule has 2 nitrogen and oxygen atoms in total. The highest BCUT2D eigenvalue weighted by molar-refractivity contribution is 5.79. The smallest absolute Gasteiger partial charge is 0.223 e. The molecule has 1 atom stereocenters. The Balaban J connectivity index is 1.72. The van der Waals surface area contributed by atoms with Crippen molar-refractivity contribution in [2.75, 3.05) is 0 Å². The fourth-order valence-corrected chi connectivity index (χ4v) is 2.07. The molecule has 2 saturated carbocycles. The van der Waals surface area contributed by atoms with Crippen LogP contribution in [-0.4, -0.2) is 11.9 Å². The minimum Gasteiger partial charge on any atom is -0.353 e. The van der Waals surface area contributed by atoms with E-state index in [-0.39, 0.29) is 0 Å². The molecule has 0 aromatic carbocycles. The van der Waals surface area contributed by atoms with E-state index in [0.29, 0.717) is 17.9 Å². The summed E-state index contributed by atoms with van der Waals surface area (Å²) in [5.74, 6) is 1.43. The van der Waals surface area contributed by atoms with Gasteiger partial charge >= 0.3 is 0 Å². The maximum absolute atomic E-state index is 11.6. The number of rotatable bonds is 3. The van der Waals surface area contributed by atoms with Gasteiger partial charge in [-0.05, 0) is 38.5 Å². The third-order valence-electron chi connectivity index (χ3n) is 3.70. The van der Waals surface area contributed by atoms with Crippen molar-refractivity contribution in [2.24, 2.45) is 11.8 Å². The first kappa shape index (κ1) is 9.04. The Morgan fingerprint density at radius 3 is 2.23 bits per heavy atom. The highest BCUT2D eigenvalue weighted by atomic mass is 16.2. The van der Waals surface area contributed by atoms with Crippen molar-refractivity contribution in [3.63, 3.8) is 0 Å². The van der Waals surface area contributed by atoms with Crippen molar-refractivity contribution < 1.29 is 4.79 Å². The van der Waals surface area contributed by atoms with E-state index in [1.54, 1.807) is 0 Å². The molecule has 2 aliphatic rings. The third-order valence-corrected chi connectivity index (χ3v) is 3.70. The fourth-order valence-electron chi connectivity index (χ4n) is 2.07. The van der Waals surface area contributed by atoms with Gasteiger partial charge in [0.25, 0.3) is 0 Å². The van der Waals surface area contributed by atoms with Gasteiger partial charge in [0.15, 0.2) is 0 Å². The van der Waals surface area contributed by atoms with Gasteiger partial charge in [-0.1, -0.05) is 12.8 Å². The summed E-state index contributed by atoms with van der Waals surface area (Å²) in [7, 11) is 0. The van der Waals surface area contributed by atoms with Gasteiger partial charge in [0, 0.05) is 12.0 Å². The summed E-state index contributed by atoms with van der Waals surface area (Å²) in [5, 5.41) is 3.14. The van der Waals surface area contributed by atoms with Crippen LogP contribution < -0.4 is 5.32 Å². The molecule has 0 radical (unpaired) electrons. The Labute approximate surface area is 80.1 Å². The lowest BCUT2D eigenvalue weighted by Crippen LogP contribution is -2.44.